The molecule has 2 amide bonds. The van der Waals surface area contributed by atoms with Crippen LogP contribution in [-0.2, 0) is 9.53 Å². The van der Waals surface area contributed by atoms with Gasteiger partial charge in [0.2, 0.25) is 0 Å². The van der Waals surface area contributed by atoms with Crippen molar-refractivity contribution in [3.8, 4) is 0 Å². The van der Waals surface area contributed by atoms with E-state index in [-0.39, 0.29) is 12.5 Å². The van der Waals surface area contributed by atoms with Gasteiger partial charge in [0.05, 0.1) is 19.1 Å². The van der Waals surface area contributed by atoms with Gasteiger partial charge >= 0.3 is 12.0 Å². The monoisotopic (exact) mass is 270 g/mol. The highest BCUT2D eigenvalue weighted by molar-refractivity contribution is 5.74. The zero-order valence-corrected chi connectivity index (χ0v) is 11.5. The highest BCUT2D eigenvalue weighted by Gasteiger charge is 2.45. The van der Waals surface area contributed by atoms with Gasteiger partial charge < -0.3 is 20.1 Å². The quantitative estimate of drug-likeness (QED) is 0.796. The van der Waals surface area contributed by atoms with Crippen molar-refractivity contribution in [2.24, 2.45) is 11.3 Å². The van der Waals surface area contributed by atoms with Crippen LogP contribution in [0.4, 0.5) is 4.79 Å². The Hall–Kier alpha value is -1.30. The maximum Gasteiger partial charge on any atom is 0.317 e. The number of rotatable bonds is 4. The maximum absolute atomic E-state index is 12.0. The summed E-state index contributed by atoms with van der Waals surface area (Å²) in [6.45, 7) is 6.37. The van der Waals surface area contributed by atoms with Crippen LogP contribution in [0.1, 0.15) is 26.7 Å². The van der Waals surface area contributed by atoms with Crippen LogP contribution >= 0.6 is 0 Å². The molecule has 1 aliphatic carbocycles. The molecular formula is C13H22N2O4. The first-order chi connectivity index (χ1) is 8.88. The molecule has 1 saturated heterocycles. The van der Waals surface area contributed by atoms with E-state index < -0.39 is 12.1 Å². The third-order valence-electron chi connectivity index (χ3n) is 4.05. The summed E-state index contributed by atoms with van der Waals surface area (Å²) in [4.78, 5) is 24.3. The van der Waals surface area contributed by atoms with Gasteiger partial charge in [-0.3, -0.25) is 4.79 Å². The summed E-state index contributed by atoms with van der Waals surface area (Å²) in [5.74, 6) is -0.334. The van der Waals surface area contributed by atoms with Crippen LogP contribution in [0.3, 0.4) is 0 Å². The molecule has 1 heterocycles. The topological polar surface area (TPSA) is 78.9 Å². The number of urea groups is 1. The predicted molar refractivity (Wildman–Crippen MR) is 68.9 cm³/mol. The van der Waals surface area contributed by atoms with Crippen LogP contribution in [0.15, 0.2) is 0 Å². The lowest BCUT2D eigenvalue weighted by atomic mass is 10.1. The number of hydrogen-bond acceptors (Lipinski definition) is 3. The molecule has 0 radical (unpaired) electrons. The Labute approximate surface area is 113 Å². The third-order valence-corrected chi connectivity index (χ3v) is 4.05. The highest BCUT2D eigenvalue weighted by Crippen LogP contribution is 2.50. The summed E-state index contributed by atoms with van der Waals surface area (Å²) >= 11 is 0. The first-order valence-corrected chi connectivity index (χ1v) is 6.74. The van der Waals surface area contributed by atoms with E-state index in [1.165, 1.54) is 0 Å². The average Bonchev–Trinajstić information content (AvgIpc) is 2.93. The Morgan fingerprint density at radius 1 is 1.47 bits per heavy atom. The molecule has 1 aliphatic heterocycles. The second kappa shape index (κ2) is 5.36. The van der Waals surface area contributed by atoms with Crippen LogP contribution in [0, 0.1) is 11.3 Å². The van der Waals surface area contributed by atoms with Crippen LogP contribution in [0.2, 0.25) is 0 Å². The van der Waals surface area contributed by atoms with E-state index >= 15 is 0 Å². The van der Waals surface area contributed by atoms with Gasteiger partial charge in [-0.15, -0.1) is 0 Å². The highest BCUT2D eigenvalue weighted by atomic mass is 16.5. The van der Waals surface area contributed by atoms with Crippen molar-refractivity contribution in [2.45, 2.75) is 32.8 Å². The van der Waals surface area contributed by atoms with E-state index in [0.29, 0.717) is 37.6 Å². The zero-order chi connectivity index (χ0) is 14.0. The van der Waals surface area contributed by atoms with E-state index in [4.69, 9.17) is 9.84 Å². The Morgan fingerprint density at radius 3 is 2.74 bits per heavy atom. The maximum atomic E-state index is 12.0. The van der Waals surface area contributed by atoms with Gasteiger partial charge in [0, 0.05) is 19.6 Å². The van der Waals surface area contributed by atoms with Crippen LogP contribution in [-0.4, -0.2) is 54.4 Å². The predicted octanol–water partition coefficient (Wildman–Crippen LogP) is 0.918. The molecule has 2 atom stereocenters. The Kier molecular flexibility index (Phi) is 3.99. The molecule has 0 bridgehead atoms. The number of morpholine rings is 1. The lowest BCUT2D eigenvalue weighted by molar-refractivity contribution is -0.141. The van der Waals surface area contributed by atoms with Gasteiger partial charge in [-0.1, -0.05) is 13.8 Å². The molecule has 2 rings (SSSR count). The Balaban J connectivity index is 1.74. The molecule has 108 valence electrons. The first kappa shape index (κ1) is 14.1. The standard InChI is InChI=1S/C13H22N2O4/c1-13(2)6-9(13)7-14-12(18)15-3-4-19-10(8-15)5-11(16)17/h9-10H,3-8H2,1-2H3,(H,14,18)(H,16,17). The second-order valence-electron chi connectivity index (χ2n) is 6.11. The van der Waals surface area contributed by atoms with E-state index in [2.05, 4.69) is 19.2 Å². The van der Waals surface area contributed by atoms with E-state index in [9.17, 15) is 9.59 Å². The minimum absolute atomic E-state index is 0.0561. The van der Waals surface area contributed by atoms with Gasteiger partial charge in [-0.2, -0.15) is 0 Å². The van der Waals surface area contributed by atoms with Crippen molar-refractivity contribution in [1.82, 2.24) is 10.2 Å². The van der Waals surface area contributed by atoms with Crippen LogP contribution < -0.4 is 5.32 Å². The number of carboxylic acids is 1. The van der Waals surface area contributed by atoms with Gasteiger partial charge in [-0.05, 0) is 17.8 Å². The fourth-order valence-electron chi connectivity index (χ4n) is 2.47. The zero-order valence-electron chi connectivity index (χ0n) is 11.5. The largest absolute Gasteiger partial charge is 0.481 e. The fourth-order valence-corrected chi connectivity index (χ4v) is 2.47. The van der Waals surface area contributed by atoms with Gasteiger partial charge in [0.1, 0.15) is 0 Å². The average molecular weight is 270 g/mol. The summed E-state index contributed by atoms with van der Waals surface area (Å²) in [6.07, 6.45) is 0.701. The summed E-state index contributed by atoms with van der Waals surface area (Å²) < 4.78 is 5.34. The lowest BCUT2D eigenvalue weighted by Gasteiger charge is -2.32. The first-order valence-electron chi connectivity index (χ1n) is 6.74. The number of aliphatic carboxylic acids is 1. The number of carbonyl (C=O) groups is 2. The van der Waals surface area contributed by atoms with Crippen molar-refractivity contribution >= 4 is 12.0 Å². The van der Waals surface area contributed by atoms with Crippen molar-refractivity contribution in [3.63, 3.8) is 0 Å². The molecule has 0 aromatic heterocycles. The van der Waals surface area contributed by atoms with Crippen LogP contribution in [0.25, 0.3) is 0 Å². The number of hydrogen-bond donors (Lipinski definition) is 2. The van der Waals surface area contributed by atoms with Crippen molar-refractivity contribution in [2.75, 3.05) is 26.2 Å². The molecule has 19 heavy (non-hydrogen) atoms. The van der Waals surface area contributed by atoms with Crippen LogP contribution in [0.5, 0.6) is 0 Å². The van der Waals surface area contributed by atoms with E-state index in [1.54, 1.807) is 4.90 Å². The summed E-state index contributed by atoms with van der Waals surface area (Å²) in [7, 11) is 0. The number of ether oxygens (including phenoxy) is 1. The summed E-state index contributed by atoms with van der Waals surface area (Å²) in [6, 6.07) is -0.110. The van der Waals surface area contributed by atoms with Crippen molar-refractivity contribution in [1.29, 1.82) is 0 Å². The lowest BCUT2D eigenvalue weighted by Crippen LogP contribution is -2.50. The number of carbonyl (C=O) groups excluding carboxylic acids is 1. The molecule has 2 aliphatic rings. The number of amides is 2. The normalized spacial score (nSPS) is 28.8. The van der Waals surface area contributed by atoms with Gasteiger partial charge in [-0.25, -0.2) is 4.79 Å². The molecule has 0 aromatic carbocycles. The molecule has 6 nitrogen and oxygen atoms in total. The van der Waals surface area contributed by atoms with E-state index in [0.717, 1.165) is 6.42 Å². The second-order valence-corrected chi connectivity index (χ2v) is 6.11. The fraction of sp³-hybridized carbons (Fsp3) is 0.846. The third kappa shape index (κ3) is 3.83. The number of carboxylic acid groups (broad SMARTS) is 1. The van der Waals surface area contributed by atoms with Gasteiger partial charge in [0.25, 0.3) is 0 Å². The van der Waals surface area contributed by atoms with Gasteiger partial charge in [0.15, 0.2) is 0 Å². The molecule has 2 N–H and O–H groups in total. The van der Waals surface area contributed by atoms with Crippen molar-refractivity contribution < 1.29 is 19.4 Å². The molecule has 0 aromatic rings. The smallest absolute Gasteiger partial charge is 0.317 e. The Morgan fingerprint density at radius 2 is 2.16 bits per heavy atom. The molecular weight excluding hydrogens is 248 g/mol. The molecule has 2 unspecified atom stereocenters. The molecule has 6 heteroatoms. The molecule has 2 fully saturated rings. The minimum atomic E-state index is -0.896. The SMILES string of the molecule is CC1(C)CC1CNC(=O)N1CCOC(CC(=O)O)C1. The molecule has 0 spiro atoms. The number of nitrogens with one attached hydrogen (secondary N) is 1. The Bertz CT molecular complexity index is 370. The molecule has 1 saturated carbocycles. The van der Waals surface area contributed by atoms with E-state index in [1.807, 2.05) is 0 Å². The number of nitrogens with zero attached hydrogens (tertiary/aromatic N) is 1. The van der Waals surface area contributed by atoms with Crippen molar-refractivity contribution in [3.05, 3.63) is 0 Å². The summed E-state index contributed by atoms with van der Waals surface area (Å²) in [5.41, 5.74) is 0.351. The summed E-state index contributed by atoms with van der Waals surface area (Å²) in [5, 5.41) is 11.7. The minimum Gasteiger partial charge on any atom is -0.481 e.